The molecule has 0 saturated heterocycles. The molecule has 5 nitrogen and oxygen atoms in total. The number of unbranched alkanes of at least 4 members (excludes halogenated alkanes) is 9. The van der Waals surface area contributed by atoms with E-state index < -0.39 is 0 Å². The van der Waals surface area contributed by atoms with E-state index in [4.69, 9.17) is 27.2 Å². The van der Waals surface area contributed by atoms with Gasteiger partial charge in [-0.2, -0.15) is 0 Å². The van der Waals surface area contributed by atoms with E-state index in [1.165, 1.54) is 145 Å². The van der Waals surface area contributed by atoms with E-state index in [-0.39, 0.29) is 6.61 Å². The molecular weight excluding hydrogens is 754 g/mol. The zero-order chi connectivity index (χ0) is 45.4. The van der Waals surface area contributed by atoms with Gasteiger partial charge in [0.15, 0.2) is 0 Å². The number of nitrogens with two attached hydrogens (primary N) is 1. The van der Waals surface area contributed by atoms with Gasteiger partial charge in [0.1, 0.15) is 6.79 Å². The SMILES string of the molecule is C=O.CCCCC.CCCCCC(C)CCC.CCCCCC(CCC)Nc1cscc1CNC.CCCCCCC(C)C.CCO.CCc1cc(C)cc(Cl)c1N. The molecule has 346 valence electrons. The molecule has 2 rings (SSSR count). The number of anilines is 2. The highest BCUT2D eigenvalue weighted by Gasteiger charge is 2.10. The van der Waals surface area contributed by atoms with E-state index in [0.717, 1.165) is 36.1 Å². The first-order valence-corrected chi connectivity index (χ1v) is 25.1. The molecule has 2 unspecified atom stereocenters. The fraction of sp³-hybridized carbons (Fsp3) is 0.784. The molecule has 1 heterocycles. The largest absolute Gasteiger partial charge is 0.397 e. The summed E-state index contributed by atoms with van der Waals surface area (Å²) >= 11 is 7.66. The predicted octanol–water partition coefficient (Wildman–Crippen LogP) is 17.0. The summed E-state index contributed by atoms with van der Waals surface area (Å²) in [6, 6.07) is 4.60. The number of aliphatic hydroxyl groups is 1. The molecule has 0 spiro atoms. The van der Waals surface area contributed by atoms with Crippen molar-refractivity contribution in [2.24, 2.45) is 11.8 Å². The van der Waals surface area contributed by atoms with Crippen LogP contribution in [0.2, 0.25) is 5.02 Å². The number of hydrogen-bond acceptors (Lipinski definition) is 6. The van der Waals surface area contributed by atoms with Gasteiger partial charge < -0.3 is 26.3 Å². The number of carbonyl (C=O) groups excluding carboxylic acids is 1. The van der Waals surface area contributed by atoms with Crippen molar-refractivity contribution in [1.82, 2.24) is 5.32 Å². The van der Waals surface area contributed by atoms with E-state index in [1.807, 2.05) is 26.8 Å². The van der Waals surface area contributed by atoms with Crippen LogP contribution in [0, 0.1) is 18.8 Å². The Morgan fingerprint density at radius 1 is 0.672 bits per heavy atom. The first-order chi connectivity index (χ1) is 27.9. The molecule has 7 heteroatoms. The highest BCUT2D eigenvalue weighted by molar-refractivity contribution is 7.08. The van der Waals surface area contributed by atoms with Crippen molar-refractivity contribution in [3.63, 3.8) is 0 Å². The van der Waals surface area contributed by atoms with Gasteiger partial charge in [0.05, 0.1) is 10.7 Å². The molecular formula is C51H102ClN3O2S. The van der Waals surface area contributed by atoms with Gasteiger partial charge in [0.2, 0.25) is 0 Å². The Labute approximate surface area is 373 Å². The zero-order valence-corrected chi connectivity index (χ0v) is 42.8. The first-order valence-electron chi connectivity index (χ1n) is 23.8. The minimum Gasteiger partial charge on any atom is -0.397 e. The summed E-state index contributed by atoms with van der Waals surface area (Å²) in [4.78, 5) is 8.00. The summed E-state index contributed by atoms with van der Waals surface area (Å²) in [6.45, 7) is 31.7. The van der Waals surface area contributed by atoms with E-state index in [9.17, 15) is 0 Å². The predicted molar refractivity (Wildman–Crippen MR) is 270 cm³/mol. The molecule has 0 radical (unpaired) electrons. The third-order valence-electron chi connectivity index (χ3n) is 9.43. The first kappa shape index (κ1) is 65.5. The van der Waals surface area contributed by atoms with Gasteiger partial charge >= 0.3 is 0 Å². The fourth-order valence-corrected chi connectivity index (χ4v) is 7.20. The summed E-state index contributed by atoms with van der Waals surface area (Å²) < 4.78 is 0. The van der Waals surface area contributed by atoms with Crippen LogP contribution in [-0.2, 0) is 17.8 Å². The second-order valence-corrected chi connectivity index (χ2v) is 17.1. The lowest BCUT2D eigenvalue weighted by molar-refractivity contribution is -0.0980. The van der Waals surface area contributed by atoms with Gasteiger partial charge in [-0.05, 0) is 80.1 Å². The normalized spacial score (nSPS) is 10.9. The van der Waals surface area contributed by atoms with E-state index in [2.05, 4.69) is 104 Å². The molecule has 58 heavy (non-hydrogen) atoms. The zero-order valence-electron chi connectivity index (χ0n) is 41.2. The Morgan fingerprint density at radius 3 is 1.62 bits per heavy atom. The van der Waals surface area contributed by atoms with Crippen LogP contribution < -0.4 is 16.4 Å². The number of hydrogen-bond donors (Lipinski definition) is 4. The van der Waals surface area contributed by atoms with E-state index in [1.54, 1.807) is 18.3 Å². The molecule has 0 fully saturated rings. The molecule has 1 aromatic heterocycles. The van der Waals surface area contributed by atoms with Crippen molar-refractivity contribution >= 4 is 41.1 Å². The molecule has 5 N–H and O–H groups in total. The van der Waals surface area contributed by atoms with Gasteiger partial charge in [0.25, 0.3) is 0 Å². The molecule has 0 amide bonds. The van der Waals surface area contributed by atoms with Crippen molar-refractivity contribution in [1.29, 1.82) is 0 Å². The lowest BCUT2D eigenvalue weighted by Crippen LogP contribution is -2.20. The number of carbonyl (C=O) groups is 1. The smallest absolute Gasteiger partial charge is 0.106 e. The van der Waals surface area contributed by atoms with E-state index >= 15 is 0 Å². The van der Waals surface area contributed by atoms with E-state index in [0.29, 0.717) is 11.1 Å². The maximum atomic E-state index is 8.00. The maximum Gasteiger partial charge on any atom is 0.106 e. The second-order valence-electron chi connectivity index (χ2n) is 15.9. The summed E-state index contributed by atoms with van der Waals surface area (Å²) in [6.07, 6.45) is 28.4. The van der Waals surface area contributed by atoms with Crippen molar-refractivity contribution in [2.75, 3.05) is 24.7 Å². The minimum atomic E-state index is 0.250. The quantitative estimate of drug-likeness (QED) is 0.0624. The highest BCUT2D eigenvalue weighted by atomic mass is 35.5. The highest BCUT2D eigenvalue weighted by Crippen LogP contribution is 2.25. The lowest BCUT2D eigenvalue weighted by atomic mass is 9.99. The van der Waals surface area contributed by atoms with Gasteiger partial charge in [-0.15, -0.1) is 11.3 Å². The number of halogens is 1. The number of nitrogens with one attached hydrogen (secondary N) is 2. The van der Waals surface area contributed by atoms with Crippen LogP contribution in [0.15, 0.2) is 22.9 Å². The van der Waals surface area contributed by atoms with Crippen LogP contribution in [0.1, 0.15) is 228 Å². The molecule has 2 atom stereocenters. The molecule has 1 aromatic carbocycles. The van der Waals surface area contributed by atoms with Gasteiger partial charge in [-0.1, -0.05) is 209 Å². The van der Waals surface area contributed by atoms with Gasteiger partial charge in [-0.25, -0.2) is 0 Å². The standard InChI is InChI=1S/C15H28N2S.C10H22.C9H12ClN.C9H20.C5H12.C2H6O.CH2O/c1-4-6-7-9-14(8-5-2)17-15-12-18-11-13(15)10-16-3;1-4-6-7-9-10(3)8-5-2;1-3-7-4-6(2)5-8(10)9(7)11;1-4-5-6-7-8-9(2)3;1-3-5-4-2;1-2-3;1-2/h11-12,14,16-17H,4-10H2,1-3H3;10H,4-9H2,1-3H3;4-5H,3,11H2,1-2H3;9H,4-8H2,1-3H3;3-5H2,1-2H3;3H,2H2,1H3;1H2. The average molecular weight is 857 g/mol. The van der Waals surface area contributed by atoms with Crippen molar-refractivity contribution in [2.45, 2.75) is 237 Å². The van der Waals surface area contributed by atoms with Gasteiger partial charge in [0, 0.05) is 30.3 Å². The number of benzene rings is 1. The van der Waals surface area contributed by atoms with Crippen LogP contribution >= 0.6 is 22.9 Å². The number of aliphatic hydroxyl groups excluding tert-OH is 1. The lowest BCUT2D eigenvalue weighted by Gasteiger charge is -2.19. The summed E-state index contributed by atoms with van der Waals surface area (Å²) in [5, 5.41) is 19.7. The second kappa shape index (κ2) is 53.4. The Kier molecular flexibility index (Phi) is 60.3. The third-order valence-corrected chi connectivity index (χ3v) is 10.5. The van der Waals surface area contributed by atoms with Crippen LogP contribution in [0.4, 0.5) is 11.4 Å². The Balaban J connectivity index is -0.000000206. The molecule has 0 aliphatic rings. The fourth-order valence-electron chi connectivity index (χ4n) is 6.11. The van der Waals surface area contributed by atoms with Crippen LogP contribution in [0.25, 0.3) is 0 Å². The Bertz CT molecular complexity index is 1050. The maximum absolute atomic E-state index is 8.00. The Morgan fingerprint density at radius 2 is 1.17 bits per heavy atom. The number of rotatable bonds is 24. The minimum absolute atomic E-state index is 0.250. The monoisotopic (exact) mass is 856 g/mol. The number of thiophene rings is 1. The molecule has 2 aromatic rings. The molecule has 0 saturated carbocycles. The van der Waals surface area contributed by atoms with Crippen molar-refractivity contribution in [3.8, 4) is 0 Å². The topological polar surface area (TPSA) is 87.4 Å². The Hall–Kier alpha value is -1.60. The molecule has 0 aliphatic heterocycles. The van der Waals surface area contributed by atoms with Crippen LogP contribution in [0.3, 0.4) is 0 Å². The van der Waals surface area contributed by atoms with Crippen LogP contribution in [0.5, 0.6) is 0 Å². The van der Waals surface area contributed by atoms with Crippen molar-refractivity contribution in [3.05, 3.63) is 44.6 Å². The van der Waals surface area contributed by atoms with Gasteiger partial charge in [-0.3, -0.25) is 0 Å². The molecule has 0 bridgehead atoms. The summed E-state index contributed by atoms with van der Waals surface area (Å²) in [7, 11) is 2.01. The number of aryl methyl sites for hydroxylation is 2. The summed E-state index contributed by atoms with van der Waals surface area (Å²) in [5.74, 6) is 1.87. The number of nitrogen functional groups attached to an aromatic ring is 1. The van der Waals surface area contributed by atoms with Crippen LogP contribution in [-0.4, -0.2) is 31.6 Å². The molecule has 0 aliphatic carbocycles. The summed E-state index contributed by atoms with van der Waals surface area (Å²) in [5.41, 5.74) is 11.5. The average Bonchev–Trinajstić information content (AvgIpc) is 3.64. The van der Waals surface area contributed by atoms with Crippen molar-refractivity contribution < 1.29 is 9.90 Å². The third kappa shape index (κ3) is 47.1.